The normalized spacial score (nSPS) is 20.6. The summed E-state index contributed by atoms with van der Waals surface area (Å²) >= 11 is 0. The van der Waals surface area contributed by atoms with Crippen LogP contribution in [0.25, 0.3) is 0 Å². The molecule has 0 spiro atoms. The zero-order chi connectivity index (χ0) is 18.1. The Morgan fingerprint density at radius 1 is 1.32 bits per heavy atom. The van der Waals surface area contributed by atoms with Crippen molar-refractivity contribution in [2.24, 2.45) is 4.99 Å². The lowest BCUT2D eigenvalue weighted by Gasteiger charge is -2.23. The lowest BCUT2D eigenvalue weighted by Crippen LogP contribution is -2.41. The Labute approximate surface area is 153 Å². The maximum absolute atomic E-state index is 12.0. The molecule has 0 radical (unpaired) electrons. The van der Waals surface area contributed by atoms with E-state index in [1.54, 1.807) is 0 Å². The summed E-state index contributed by atoms with van der Waals surface area (Å²) in [6.07, 6.45) is 7.74. The van der Waals surface area contributed by atoms with Crippen LogP contribution in [0.2, 0.25) is 0 Å². The van der Waals surface area contributed by atoms with Gasteiger partial charge in [0.1, 0.15) is 0 Å². The first kappa shape index (κ1) is 20.0. The minimum absolute atomic E-state index is 0.329. The number of carbonyl (C=O) groups excluding carboxylic acids is 1. The van der Waals surface area contributed by atoms with E-state index in [2.05, 4.69) is 36.4 Å². The second kappa shape index (κ2) is 10.6. The van der Waals surface area contributed by atoms with Crippen LogP contribution >= 0.6 is 0 Å². The Morgan fingerprint density at radius 2 is 2.12 bits per heavy atom. The van der Waals surface area contributed by atoms with Crippen LogP contribution in [0.1, 0.15) is 58.8 Å². The summed E-state index contributed by atoms with van der Waals surface area (Å²) in [5, 5.41) is 6.73. The zero-order valence-electron chi connectivity index (χ0n) is 16.4. The average molecular weight is 352 g/mol. The minimum Gasteiger partial charge on any atom is -0.357 e. The fourth-order valence-electron chi connectivity index (χ4n) is 3.29. The standard InChI is InChI=1S/C19H37N5O/c1-4-20-19(22-15-16(2)23(3)17-10-11-17)21-12-8-14-24-13-7-5-6-9-18(24)25/h16-17H,4-15H2,1-3H3,(H2,20,21,22). The molecule has 1 aliphatic heterocycles. The number of rotatable bonds is 9. The molecule has 2 N–H and O–H groups in total. The summed E-state index contributed by atoms with van der Waals surface area (Å²) < 4.78 is 0. The molecule has 1 atom stereocenters. The summed E-state index contributed by atoms with van der Waals surface area (Å²) in [7, 11) is 2.20. The van der Waals surface area contributed by atoms with Gasteiger partial charge in [0.05, 0.1) is 6.54 Å². The largest absolute Gasteiger partial charge is 0.357 e. The SMILES string of the molecule is CCNC(=NCC(C)N(C)C1CC1)NCCCN1CCCCCC1=O. The third-order valence-corrected chi connectivity index (χ3v) is 5.24. The van der Waals surface area contributed by atoms with Crippen LogP contribution in [-0.4, -0.2) is 73.5 Å². The van der Waals surface area contributed by atoms with Crippen LogP contribution in [0, 0.1) is 0 Å². The zero-order valence-corrected chi connectivity index (χ0v) is 16.4. The number of nitrogens with zero attached hydrogens (tertiary/aromatic N) is 3. The Balaban J connectivity index is 1.69. The van der Waals surface area contributed by atoms with Crippen LogP contribution in [0.5, 0.6) is 0 Å². The molecule has 1 saturated heterocycles. The number of likely N-dealkylation sites (tertiary alicyclic amines) is 1. The Hall–Kier alpha value is -1.30. The molecule has 6 heteroatoms. The summed E-state index contributed by atoms with van der Waals surface area (Å²) in [6, 6.07) is 1.24. The molecule has 2 fully saturated rings. The molecule has 0 aromatic heterocycles. The van der Waals surface area contributed by atoms with E-state index in [9.17, 15) is 4.79 Å². The number of carbonyl (C=O) groups is 1. The molecule has 0 aromatic rings. The highest BCUT2D eigenvalue weighted by Gasteiger charge is 2.28. The third kappa shape index (κ3) is 7.22. The fourth-order valence-corrected chi connectivity index (χ4v) is 3.29. The van der Waals surface area contributed by atoms with Crippen molar-refractivity contribution < 1.29 is 4.79 Å². The first-order valence-electron chi connectivity index (χ1n) is 10.1. The lowest BCUT2D eigenvalue weighted by atomic mass is 10.2. The van der Waals surface area contributed by atoms with Gasteiger partial charge in [0.25, 0.3) is 0 Å². The van der Waals surface area contributed by atoms with Crippen LogP contribution < -0.4 is 10.6 Å². The van der Waals surface area contributed by atoms with Crippen LogP contribution in [0.15, 0.2) is 4.99 Å². The number of hydrogen-bond donors (Lipinski definition) is 2. The van der Waals surface area contributed by atoms with Gasteiger partial charge in [-0.3, -0.25) is 14.7 Å². The van der Waals surface area contributed by atoms with Gasteiger partial charge in [-0.1, -0.05) is 6.42 Å². The van der Waals surface area contributed by atoms with E-state index in [4.69, 9.17) is 4.99 Å². The number of hydrogen-bond acceptors (Lipinski definition) is 3. The van der Waals surface area contributed by atoms with Gasteiger partial charge in [-0.2, -0.15) is 0 Å². The van der Waals surface area contributed by atoms with Crippen molar-refractivity contribution in [3.8, 4) is 0 Å². The van der Waals surface area contributed by atoms with E-state index >= 15 is 0 Å². The number of nitrogens with one attached hydrogen (secondary N) is 2. The molecule has 0 bridgehead atoms. The third-order valence-electron chi connectivity index (χ3n) is 5.24. The molecule has 1 saturated carbocycles. The maximum Gasteiger partial charge on any atom is 0.222 e. The van der Waals surface area contributed by atoms with E-state index in [0.717, 1.165) is 70.4 Å². The molecule has 1 amide bonds. The van der Waals surface area contributed by atoms with Gasteiger partial charge in [0.2, 0.25) is 5.91 Å². The van der Waals surface area contributed by atoms with Gasteiger partial charge >= 0.3 is 0 Å². The molecule has 2 rings (SSSR count). The van der Waals surface area contributed by atoms with E-state index in [1.165, 1.54) is 19.3 Å². The van der Waals surface area contributed by atoms with E-state index in [-0.39, 0.29) is 0 Å². The van der Waals surface area contributed by atoms with Crippen LogP contribution in [0.4, 0.5) is 0 Å². The van der Waals surface area contributed by atoms with Crippen LogP contribution in [-0.2, 0) is 4.79 Å². The van der Waals surface area contributed by atoms with Crippen LogP contribution in [0.3, 0.4) is 0 Å². The summed E-state index contributed by atoms with van der Waals surface area (Å²) in [5.74, 6) is 1.22. The second-order valence-corrected chi connectivity index (χ2v) is 7.44. The number of guanidine groups is 1. The smallest absolute Gasteiger partial charge is 0.222 e. The van der Waals surface area contributed by atoms with Gasteiger partial charge in [-0.05, 0) is 53.0 Å². The summed E-state index contributed by atoms with van der Waals surface area (Å²) in [4.78, 5) is 21.2. The Morgan fingerprint density at radius 3 is 2.84 bits per heavy atom. The van der Waals surface area contributed by atoms with Crippen molar-refractivity contribution in [3.63, 3.8) is 0 Å². The van der Waals surface area contributed by atoms with Gasteiger partial charge in [0.15, 0.2) is 5.96 Å². The summed E-state index contributed by atoms with van der Waals surface area (Å²) in [5.41, 5.74) is 0. The number of amides is 1. The average Bonchev–Trinajstić information content (AvgIpc) is 3.44. The van der Waals surface area contributed by atoms with E-state index in [0.29, 0.717) is 11.9 Å². The van der Waals surface area contributed by atoms with E-state index in [1.807, 2.05) is 4.90 Å². The Bertz CT molecular complexity index is 436. The molecule has 1 unspecified atom stereocenters. The molecule has 1 heterocycles. The lowest BCUT2D eigenvalue weighted by molar-refractivity contribution is -0.130. The minimum atomic E-state index is 0.329. The maximum atomic E-state index is 12.0. The monoisotopic (exact) mass is 351 g/mol. The highest BCUT2D eigenvalue weighted by Crippen LogP contribution is 2.26. The van der Waals surface area contributed by atoms with Crippen molar-refractivity contribution >= 4 is 11.9 Å². The quantitative estimate of drug-likeness (QED) is 0.378. The Kier molecular flexibility index (Phi) is 8.52. The van der Waals surface area contributed by atoms with Crippen molar-refractivity contribution in [2.45, 2.75) is 70.9 Å². The van der Waals surface area contributed by atoms with Crippen molar-refractivity contribution in [2.75, 3.05) is 39.8 Å². The molecular formula is C19H37N5O. The molecule has 144 valence electrons. The molecule has 25 heavy (non-hydrogen) atoms. The van der Waals surface area contributed by atoms with Crippen molar-refractivity contribution in [3.05, 3.63) is 0 Å². The second-order valence-electron chi connectivity index (χ2n) is 7.44. The molecular weight excluding hydrogens is 314 g/mol. The first-order valence-corrected chi connectivity index (χ1v) is 10.1. The molecule has 2 aliphatic rings. The molecule has 0 aromatic carbocycles. The molecule has 1 aliphatic carbocycles. The first-order chi connectivity index (χ1) is 12.1. The summed E-state index contributed by atoms with van der Waals surface area (Å²) in [6.45, 7) is 8.64. The van der Waals surface area contributed by atoms with Crippen molar-refractivity contribution in [1.82, 2.24) is 20.4 Å². The van der Waals surface area contributed by atoms with Gasteiger partial charge in [-0.25, -0.2) is 0 Å². The van der Waals surface area contributed by atoms with Gasteiger partial charge in [0, 0.05) is 44.7 Å². The van der Waals surface area contributed by atoms with E-state index < -0.39 is 0 Å². The fraction of sp³-hybridized carbons (Fsp3) is 0.895. The number of aliphatic imine (C=N–C) groups is 1. The highest BCUT2D eigenvalue weighted by atomic mass is 16.2. The topological polar surface area (TPSA) is 60.0 Å². The van der Waals surface area contributed by atoms with Crippen molar-refractivity contribution in [1.29, 1.82) is 0 Å². The van der Waals surface area contributed by atoms with Gasteiger partial charge in [-0.15, -0.1) is 0 Å². The highest BCUT2D eigenvalue weighted by molar-refractivity contribution is 5.79. The number of likely N-dealkylation sites (N-methyl/N-ethyl adjacent to an activating group) is 1. The van der Waals surface area contributed by atoms with Gasteiger partial charge < -0.3 is 15.5 Å². The predicted octanol–water partition coefficient (Wildman–Crippen LogP) is 1.82. The predicted molar refractivity (Wildman–Crippen MR) is 104 cm³/mol. The molecule has 6 nitrogen and oxygen atoms in total.